The van der Waals surface area contributed by atoms with Crippen molar-refractivity contribution in [1.82, 2.24) is 14.8 Å². The van der Waals surface area contributed by atoms with E-state index >= 15 is 0 Å². The van der Waals surface area contributed by atoms with Crippen LogP contribution >= 0.6 is 0 Å². The molecule has 0 aliphatic rings. The zero-order valence-corrected chi connectivity index (χ0v) is 10.3. The van der Waals surface area contributed by atoms with E-state index in [2.05, 4.69) is 10.1 Å². The number of hydrogen-bond donors (Lipinski definition) is 1. The van der Waals surface area contributed by atoms with Gasteiger partial charge in [0, 0.05) is 20.1 Å². The van der Waals surface area contributed by atoms with Crippen LogP contribution in [-0.2, 0) is 17.7 Å². The molecule has 0 aromatic carbocycles. The predicted octanol–water partition coefficient (Wildman–Crippen LogP) is 1.02. The van der Waals surface area contributed by atoms with Crippen LogP contribution < -0.4 is 0 Å². The first-order chi connectivity index (χ1) is 7.67. The fourth-order valence-corrected chi connectivity index (χ4v) is 1.57. The molecule has 5 heteroatoms. The molecule has 0 spiro atoms. The first-order valence-corrected chi connectivity index (χ1v) is 5.74. The summed E-state index contributed by atoms with van der Waals surface area (Å²) in [6, 6.07) is 0. The van der Waals surface area contributed by atoms with Gasteiger partial charge in [-0.1, -0.05) is 0 Å². The molecular weight excluding hydrogens is 206 g/mol. The highest BCUT2D eigenvalue weighted by Crippen LogP contribution is 2.08. The van der Waals surface area contributed by atoms with Gasteiger partial charge in [0.25, 0.3) is 0 Å². The summed E-state index contributed by atoms with van der Waals surface area (Å²) >= 11 is 0. The van der Waals surface area contributed by atoms with Crippen LogP contribution in [0.3, 0.4) is 0 Å². The van der Waals surface area contributed by atoms with Crippen LogP contribution in [-0.4, -0.2) is 39.2 Å². The number of methoxy groups -OCH3 is 1. The summed E-state index contributed by atoms with van der Waals surface area (Å²) in [5.41, 5.74) is 0. The third-order valence-corrected chi connectivity index (χ3v) is 2.72. The molecule has 1 aromatic heterocycles. The second-order valence-electron chi connectivity index (χ2n) is 3.97. The molecule has 1 aromatic rings. The molecule has 1 N–H and O–H groups in total. The minimum absolute atomic E-state index is 0.193. The number of hydrogen-bond acceptors (Lipinski definition) is 4. The SMILES string of the molecule is CCn1ncnc1CC(O)CCC(C)OC. The molecule has 2 atom stereocenters. The van der Waals surface area contributed by atoms with E-state index in [4.69, 9.17) is 4.74 Å². The average molecular weight is 227 g/mol. The van der Waals surface area contributed by atoms with Gasteiger partial charge in [0.05, 0.1) is 12.2 Å². The Kier molecular flexibility index (Phi) is 5.42. The van der Waals surface area contributed by atoms with Crippen molar-refractivity contribution in [3.8, 4) is 0 Å². The average Bonchev–Trinajstić information content (AvgIpc) is 2.73. The van der Waals surface area contributed by atoms with Gasteiger partial charge in [0.2, 0.25) is 0 Å². The minimum Gasteiger partial charge on any atom is -0.393 e. The molecule has 0 saturated heterocycles. The lowest BCUT2D eigenvalue weighted by Crippen LogP contribution is -2.17. The second-order valence-corrected chi connectivity index (χ2v) is 3.97. The molecule has 1 heterocycles. The highest BCUT2D eigenvalue weighted by molar-refractivity contribution is 4.87. The second kappa shape index (κ2) is 6.60. The van der Waals surface area contributed by atoms with E-state index in [0.29, 0.717) is 6.42 Å². The van der Waals surface area contributed by atoms with Crippen LogP contribution in [0.25, 0.3) is 0 Å². The Morgan fingerprint density at radius 3 is 2.88 bits per heavy atom. The molecule has 0 radical (unpaired) electrons. The van der Waals surface area contributed by atoms with E-state index in [0.717, 1.165) is 25.2 Å². The number of aliphatic hydroxyl groups excluding tert-OH is 1. The van der Waals surface area contributed by atoms with Gasteiger partial charge >= 0.3 is 0 Å². The molecular formula is C11H21N3O2. The highest BCUT2D eigenvalue weighted by atomic mass is 16.5. The number of aromatic nitrogens is 3. The summed E-state index contributed by atoms with van der Waals surface area (Å²) in [6.45, 7) is 4.80. The number of nitrogens with zero attached hydrogens (tertiary/aromatic N) is 3. The zero-order valence-electron chi connectivity index (χ0n) is 10.3. The van der Waals surface area contributed by atoms with Gasteiger partial charge in [0.1, 0.15) is 12.2 Å². The van der Waals surface area contributed by atoms with E-state index in [9.17, 15) is 5.11 Å². The van der Waals surface area contributed by atoms with Gasteiger partial charge in [0.15, 0.2) is 0 Å². The van der Waals surface area contributed by atoms with Gasteiger partial charge in [-0.2, -0.15) is 5.10 Å². The van der Waals surface area contributed by atoms with Crippen molar-refractivity contribution in [2.75, 3.05) is 7.11 Å². The summed E-state index contributed by atoms with van der Waals surface area (Å²) in [5.74, 6) is 0.847. The lowest BCUT2D eigenvalue weighted by molar-refractivity contribution is 0.0843. The fraction of sp³-hybridized carbons (Fsp3) is 0.818. The summed E-state index contributed by atoms with van der Waals surface area (Å²) < 4.78 is 6.94. The molecule has 0 fully saturated rings. The molecule has 0 bridgehead atoms. The van der Waals surface area contributed by atoms with Gasteiger partial charge < -0.3 is 9.84 Å². The van der Waals surface area contributed by atoms with Crippen LogP contribution in [0.2, 0.25) is 0 Å². The molecule has 0 aliphatic heterocycles. The third kappa shape index (κ3) is 3.90. The molecule has 2 unspecified atom stereocenters. The minimum atomic E-state index is -0.368. The van der Waals surface area contributed by atoms with Crippen molar-refractivity contribution < 1.29 is 9.84 Å². The normalized spacial score (nSPS) is 15.0. The van der Waals surface area contributed by atoms with E-state index in [1.165, 1.54) is 6.33 Å². The van der Waals surface area contributed by atoms with Crippen LogP contribution in [0.4, 0.5) is 0 Å². The van der Waals surface area contributed by atoms with Crippen molar-refractivity contribution in [1.29, 1.82) is 0 Å². The first kappa shape index (κ1) is 13.1. The topological polar surface area (TPSA) is 60.2 Å². The highest BCUT2D eigenvalue weighted by Gasteiger charge is 2.12. The Bertz CT molecular complexity index is 301. The quantitative estimate of drug-likeness (QED) is 0.755. The summed E-state index contributed by atoms with van der Waals surface area (Å²) in [7, 11) is 1.69. The van der Waals surface area contributed by atoms with Crippen molar-refractivity contribution in [2.24, 2.45) is 0 Å². The number of rotatable bonds is 7. The van der Waals surface area contributed by atoms with Gasteiger partial charge in [-0.15, -0.1) is 0 Å². The Hall–Kier alpha value is -0.940. The standard InChI is InChI=1S/C11H21N3O2/c1-4-14-11(12-8-13-14)7-10(15)6-5-9(2)16-3/h8-10,15H,4-7H2,1-3H3. The van der Waals surface area contributed by atoms with Gasteiger partial charge in [-0.25, -0.2) is 4.98 Å². The van der Waals surface area contributed by atoms with Crippen molar-refractivity contribution in [3.63, 3.8) is 0 Å². The maximum Gasteiger partial charge on any atom is 0.138 e. The van der Waals surface area contributed by atoms with Crippen molar-refractivity contribution in [2.45, 2.75) is 51.9 Å². The van der Waals surface area contributed by atoms with Gasteiger partial charge in [-0.3, -0.25) is 4.68 Å². The maximum absolute atomic E-state index is 9.85. The lowest BCUT2D eigenvalue weighted by Gasteiger charge is -2.13. The van der Waals surface area contributed by atoms with E-state index < -0.39 is 0 Å². The van der Waals surface area contributed by atoms with E-state index in [1.54, 1.807) is 7.11 Å². The molecule has 1 rings (SSSR count). The Balaban J connectivity index is 2.36. The Labute approximate surface area is 96.5 Å². The predicted molar refractivity (Wildman–Crippen MR) is 61.1 cm³/mol. The van der Waals surface area contributed by atoms with Crippen LogP contribution in [0, 0.1) is 0 Å². The molecule has 92 valence electrons. The zero-order chi connectivity index (χ0) is 12.0. The smallest absolute Gasteiger partial charge is 0.138 e. The number of aliphatic hydroxyl groups is 1. The number of aryl methyl sites for hydroxylation is 1. The molecule has 5 nitrogen and oxygen atoms in total. The van der Waals surface area contributed by atoms with Gasteiger partial charge in [-0.05, 0) is 26.7 Å². The van der Waals surface area contributed by atoms with Crippen molar-refractivity contribution >= 4 is 0 Å². The number of ether oxygens (including phenoxy) is 1. The van der Waals surface area contributed by atoms with Crippen LogP contribution in [0.1, 0.15) is 32.5 Å². The summed E-state index contributed by atoms with van der Waals surface area (Å²) in [4.78, 5) is 4.13. The van der Waals surface area contributed by atoms with Crippen LogP contribution in [0.15, 0.2) is 6.33 Å². The molecule has 0 aliphatic carbocycles. The maximum atomic E-state index is 9.85. The van der Waals surface area contributed by atoms with Crippen molar-refractivity contribution in [3.05, 3.63) is 12.2 Å². The molecule has 0 amide bonds. The fourth-order valence-electron chi connectivity index (χ4n) is 1.57. The monoisotopic (exact) mass is 227 g/mol. The summed E-state index contributed by atoms with van der Waals surface area (Å²) in [5, 5.41) is 13.9. The Morgan fingerprint density at radius 2 is 2.25 bits per heavy atom. The van der Waals surface area contributed by atoms with E-state index in [1.807, 2.05) is 18.5 Å². The van der Waals surface area contributed by atoms with E-state index in [-0.39, 0.29) is 12.2 Å². The molecule has 16 heavy (non-hydrogen) atoms. The Morgan fingerprint density at radius 1 is 1.50 bits per heavy atom. The summed E-state index contributed by atoms with van der Waals surface area (Å²) in [6.07, 6.45) is 3.50. The molecule has 0 saturated carbocycles. The largest absolute Gasteiger partial charge is 0.393 e. The van der Waals surface area contributed by atoms with Crippen LogP contribution in [0.5, 0.6) is 0 Å². The third-order valence-electron chi connectivity index (χ3n) is 2.72. The lowest BCUT2D eigenvalue weighted by atomic mass is 10.1. The first-order valence-electron chi connectivity index (χ1n) is 5.74.